The fourth-order valence-electron chi connectivity index (χ4n) is 2.37. The van der Waals surface area contributed by atoms with Crippen molar-refractivity contribution in [3.63, 3.8) is 0 Å². The van der Waals surface area contributed by atoms with Crippen molar-refractivity contribution in [1.29, 1.82) is 0 Å². The van der Waals surface area contributed by atoms with E-state index in [1.165, 1.54) is 12.1 Å². The Hall–Kier alpha value is -0.950. The van der Waals surface area contributed by atoms with E-state index < -0.39 is 0 Å². The fraction of sp³-hybridized carbons (Fsp3) is 0.308. The van der Waals surface area contributed by atoms with Crippen molar-refractivity contribution in [3.8, 4) is 0 Å². The predicted molar refractivity (Wildman–Crippen MR) is 77.3 cm³/mol. The van der Waals surface area contributed by atoms with Crippen LogP contribution in [0, 0.1) is 9.39 Å². The van der Waals surface area contributed by atoms with Crippen LogP contribution in [0.5, 0.6) is 0 Å². The number of hydrogen-bond donors (Lipinski definition) is 1. The number of fused-ring (bicyclic) bond motifs is 2. The largest absolute Gasteiger partial charge is 0.387 e. The molecule has 3 nitrogen and oxygen atoms in total. The molecule has 94 valence electrons. The summed E-state index contributed by atoms with van der Waals surface area (Å²) in [5.74, 6) is -0.234. The van der Waals surface area contributed by atoms with Gasteiger partial charge in [-0.25, -0.2) is 4.39 Å². The van der Waals surface area contributed by atoms with Gasteiger partial charge in [0.15, 0.2) is 0 Å². The van der Waals surface area contributed by atoms with Gasteiger partial charge in [-0.3, -0.25) is 4.98 Å². The van der Waals surface area contributed by atoms with Gasteiger partial charge < -0.3 is 10.1 Å². The SMILES string of the molecule is CNc1c2c(nc3c(I)cc(F)cc13)CCOC2. The van der Waals surface area contributed by atoms with Crippen LogP contribution in [-0.4, -0.2) is 18.6 Å². The van der Waals surface area contributed by atoms with Crippen LogP contribution in [0.4, 0.5) is 10.1 Å². The van der Waals surface area contributed by atoms with Crippen LogP contribution < -0.4 is 5.32 Å². The number of pyridine rings is 1. The van der Waals surface area contributed by atoms with Crippen molar-refractivity contribution in [1.82, 2.24) is 4.98 Å². The van der Waals surface area contributed by atoms with Crippen molar-refractivity contribution in [2.75, 3.05) is 19.0 Å². The second-order valence-corrected chi connectivity index (χ2v) is 5.41. The van der Waals surface area contributed by atoms with E-state index in [1.54, 1.807) is 0 Å². The van der Waals surface area contributed by atoms with Gasteiger partial charge in [0, 0.05) is 28.0 Å². The number of rotatable bonds is 1. The van der Waals surface area contributed by atoms with Crippen molar-refractivity contribution < 1.29 is 9.13 Å². The van der Waals surface area contributed by atoms with Crippen molar-refractivity contribution in [2.45, 2.75) is 13.0 Å². The summed E-state index contributed by atoms with van der Waals surface area (Å²) in [6, 6.07) is 3.05. The first-order valence-electron chi connectivity index (χ1n) is 5.76. The Bertz CT molecular complexity index is 630. The first kappa shape index (κ1) is 12.1. The molecule has 0 fully saturated rings. The minimum atomic E-state index is -0.234. The lowest BCUT2D eigenvalue weighted by atomic mass is 10.0. The number of anilines is 1. The van der Waals surface area contributed by atoms with Crippen LogP contribution in [0.2, 0.25) is 0 Å². The lowest BCUT2D eigenvalue weighted by molar-refractivity contribution is 0.110. The maximum atomic E-state index is 13.6. The van der Waals surface area contributed by atoms with Crippen molar-refractivity contribution in [3.05, 3.63) is 32.8 Å². The lowest BCUT2D eigenvalue weighted by Gasteiger charge is -2.21. The summed E-state index contributed by atoms with van der Waals surface area (Å²) in [6.45, 7) is 1.24. The van der Waals surface area contributed by atoms with Gasteiger partial charge in [0.1, 0.15) is 5.82 Å². The van der Waals surface area contributed by atoms with E-state index in [4.69, 9.17) is 4.74 Å². The Morgan fingerprint density at radius 2 is 2.28 bits per heavy atom. The highest BCUT2D eigenvalue weighted by molar-refractivity contribution is 14.1. The average molecular weight is 358 g/mol. The van der Waals surface area contributed by atoms with Crippen LogP contribution in [0.25, 0.3) is 10.9 Å². The van der Waals surface area contributed by atoms with Gasteiger partial charge in [0.05, 0.1) is 30.1 Å². The molecular weight excluding hydrogens is 346 g/mol. The van der Waals surface area contributed by atoms with Gasteiger partial charge >= 0.3 is 0 Å². The number of hydrogen-bond acceptors (Lipinski definition) is 3. The fourth-order valence-corrected chi connectivity index (χ4v) is 3.08. The molecule has 0 saturated heterocycles. The number of nitrogens with zero attached hydrogens (tertiary/aromatic N) is 1. The molecule has 3 rings (SSSR count). The summed E-state index contributed by atoms with van der Waals surface area (Å²) in [5, 5.41) is 3.99. The molecule has 1 aromatic heterocycles. The van der Waals surface area contributed by atoms with Gasteiger partial charge in [-0.2, -0.15) is 0 Å². The van der Waals surface area contributed by atoms with Crippen molar-refractivity contribution >= 4 is 39.2 Å². The van der Waals surface area contributed by atoms with Gasteiger partial charge in [-0.05, 0) is 34.7 Å². The normalized spacial score (nSPS) is 14.6. The van der Waals surface area contributed by atoms with Crippen LogP contribution in [0.1, 0.15) is 11.3 Å². The summed E-state index contributed by atoms with van der Waals surface area (Å²) in [7, 11) is 1.85. The zero-order valence-corrected chi connectivity index (χ0v) is 12.0. The van der Waals surface area contributed by atoms with Gasteiger partial charge in [0.25, 0.3) is 0 Å². The Morgan fingerprint density at radius 1 is 1.44 bits per heavy atom. The monoisotopic (exact) mass is 358 g/mol. The third kappa shape index (κ3) is 1.85. The van der Waals surface area contributed by atoms with E-state index in [0.29, 0.717) is 13.2 Å². The Kier molecular flexibility index (Phi) is 3.11. The van der Waals surface area contributed by atoms with Crippen molar-refractivity contribution in [2.24, 2.45) is 0 Å². The third-order valence-electron chi connectivity index (χ3n) is 3.17. The molecule has 0 atom stereocenters. The molecule has 0 amide bonds. The molecule has 1 aliphatic heterocycles. The second-order valence-electron chi connectivity index (χ2n) is 4.25. The van der Waals surface area contributed by atoms with Gasteiger partial charge in [-0.1, -0.05) is 0 Å². The van der Waals surface area contributed by atoms with E-state index in [0.717, 1.165) is 37.8 Å². The number of nitrogens with one attached hydrogen (secondary N) is 1. The highest BCUT2D eigenvalue weighted by atomic mass is 127. The molecule has 0 spiro atoms. The Balaban J connectivity index is 2.40. The average Bonchev–Trinajstić information content (AvgIpc) is 2.36. The minimum Gasteiger partial charge on any atom is -0.387 e. The zero-order valence-electron chi connectivity index (χ0n) is 9.89. The molecule has 0 aliphatic carbocycles. The Morgan fingerprint density at radius 3 is 3.06 bits per heavy atom. The lowest BCUT2D eigenvalue weighted by Crippen LogP contribution is -2.14. The molecule has 0 unspecified atom stereocenters. The molecule has 1 aliphatic rings. The summed E-state index contributed by atoms with van der Waals surface area (Å²) in [5.41, 5.74) is 3.91. The third-order valence-corrected chi connectivity index (χ3v) is 4.00. The molecular formula is C13H12FIN2O. The molecule has 0 bridgehead atoms. The summed E-state index contributed by atoms with van der Waals surface area (Å²) in [6.07, 6.45) is 0.813. The summed E-state index contributed by atoms with van der Waals surface area (Å²) < 4.78 is 19.9. The molecule has 5 heteroatoms. The number of halogens is 2. The highest BCUT2D eigenvalue weighted by Crippen LogP contribution is 2.33. The number of benzene rings is 1. The molecule has 18 heavy (non-hydrogen) atoms. The number of aromatic nitrogens is 1. The minimum absolute atomic E-state index is 0.234. The molecule has 1 aromatic carbocycles. The van der Waals surface area contributed by atoms with E-state index in [1.807, 2.05) is 7.05 Å². The van der Waals surface area contributed by atoms with E-state index >= 15 is 0 Å². The van der Waals surface area contributed by atoms with E-state index in [9.17, 15) is 4.39 Å². The topological polar surface area (TPSA) is 34.2 Å². The van der Waals surface area contributed by atoms with Crippen LogP contribution in [0.3, 0.4) is 0 Å². The zero-order chi connectivity index (χ0) is 12.7. The second kappa shape index (κ2) is 4.62. The highest BCUT2D eigenvalue weighted by Gasteiger charge is 2.19. The van der Waals surface area contributed by atoms with Crippen LogP contribution >= 0.6 is 22.6 Å². The maximum absolute atomic E-state index is 13.6. The quantitative estimate of drug-likeness (QED) is 0.796. The van der Waals surface area contributed by atoms with E-state index in [-0.39, 0.29) is 5.82 Å². The van der Waals surface area contributed by atoms with Crippen LogP contribution in [0.15, 0.2) is 12.1 Å². The molecule has 0 radical (unpaired) electrons. The maximum Gasteiger partial charge on any atom is 0.125 e. The molecule has 2 heterocycles. The van der Waals surface area contributed by atoms with Crippen LogP contribution in [-0.2, 0) is 17.8 Å². The first-order chi connectivity index (χ1) is 8.70. The molecule has 1 N–H and O–H groups in total. The number of ether oxygens (including phenoxy) is 1. The standard InChI is InChI=1S/C13H12FIN2O/c1-16-12-8-4-7(14)5-10(15)13(8)17-11-2-3-18-6-9(11)12/h4-5H,2-3,6H2,1H3,(H,16,17). The first-order valence-corrected chi connectivity index (χ1v) is 6.84. The van der Waals surface area contributed by atoms with E-state index in [2.05, 4.69) is 32.9 Å². The summed E-state index contributed by atoms with van der Waals surface area (Å²) >= 11 is 2.13. The van der Waals surface area contributed by atoms with Gasteiger partial charge in [-0.15, -0.1) is 0 Å². The molecule has 2 aromatic rings. The molecule has 0 saturated carbocycles. The summed E-state index contributed by atoms with van der Waals surface area (Å²) in [4.78, 5) is 4.67. The Labute approximate surface area is 118 Å². The smallest absolute Gasteiger partial charge is 0.125 e. The predicted octanol–water partition coefficient (Wildman–Crippen LogP) is 3.09. The van der Waals surface area contributed by atoms with Gasteiger partial charge in [0.2, 0.25) is 0 Å².